The van der Waals surface area contributed by atoms with Crippen molar-refractivity contribution in [1.29, 1.82) is 0 Å². The lowest BCUT2D eigenvalue weighted by molar-refractivity contribution is -0.140. The standard InChI is InChI=1S/C12H13BrCl2N2O3/c1-5(2)9(11(18)19)16-12(20)17-10-7(14)3-6(13)4-8(10)15/h3-5,9H,1-2H3,(H,18,19)(H2,16,17,20)/t9-/m1/s1. The van der Waals surface area contributed by atoms with Gasteiger partial charge in [-0.3, -0.25) is 0 Å². The molecule has 110 valence electrons. The highest BCUT2D eigenvalue weighted by atomic mass is 79.9. The van der Waals surface area contributed by atoms with Crippen LogP contribution in [0.4, 0.5) is 10.5 Å². The van der Waals surface area contributed by atoms with Crippen LogP contribution in [0.15, 0.2) is 16.6 Å². The van der Waals surface area contributed by atoms with E-state index in [0.717, 1.165) is 0 Å². The maximum absolute atomic E-state index is 11.8. The zero-order valence-corrected chi connectivity index (χ0v) is 13.8. The number of hydrogen-bond acceptors (Lipinski definition) is 2. The number of urea groups is 1. The van der Waals surface area contributed by atoms with E-state index in [1.165, 1.54) is 0 Å². The zero-order chi connectivity index (χ0) is 15.4. The van der Waals surface area contributed by atoms with Crippen LogP contribution in [0.25, 0.3) is 0 Å². The van der Waals surface area contributed by atoms with Crippen LogP contribution in [0.3, 0.4) is 0 Å². The molecule has 0 aliphatic carbocycles. The van der Waals surface area contributed by atoms with Gasteiger partial charge in [-0.25, -0.2) is 9.59 Å². The molecule has 1 aromatic carbocycles. The van der Waals surface area contributed by atoms with Crippen molar-refractivity contribution in [2.75, 3.05) is 5.32 Å². The number of halogens is 3. The summed E-state index contributed by atoms with van der Waals surface area (Å²) in [5.74, 6) is -1.36. The first-order valence-corrected chi connectivity index (χ1v) is 7.22. The lowest BCUT2D eigenvalue weighted by Gasteiger charge is -2.19. The van der Waals surface area contributed by atoms with Crippen molar-refractivity contribution < 1.29 is 14.7 Å². The second-order valence-corrected chi connectivity index (χ2v) is 6.13. The molecule has 3 N–H and O–H groups in total. The van der Waals surface area contributed by atoms with Crippen molar-refractivity contribution in [3.8, 4) is 0 Å². The molecule has 5 nitrogen and oxygen atoms in total. The molecule has 0 unspecified atom stereocenters. The van der Waals surface area contributed by atoms with E-state index in [9.17, 15) is 9.59 Å². The van der Waals surface area contributed by atoms with Crippen LogP contribution in [0.5, 0.6) is 0 Å². The molecule has 0 aliphatic rings. The number of benzene rings is 1. The minimum absolute atomic E-state index is 0.224. The van der Waals surface area contributed by atoms with E-state index in [4.69, 9.17) is 28.3 Å². The molecule has 1 aromatic rings. The fourth-order valence-corrected chi connectivity index (χ4v) is 2.77. The molecular formula is C12H13BrCl2N2O3. The molecule has 0 heterocycles. The van der Waals surface area contributed by atoms with Gasteiger partial charge in [-0.05, 0) is 18.1 Å². The Hall–Kier alpha value is -0.980. The van der Waals surface area contributed by atoms with Gasteiger partial charge >= 0.3 is 12.0 Å². The third kappa shape index (κ3) is 4.54. The van der Waals surface area contributed by atoms with Crippen molar-refractivity contribution in [3.05, 3.63) is 26.7 Å². The minimum Gasteiger partial charge on any atom is -0.480 e. The zero-order valence-electron chi connectivity index (χ0n) is 10.7. The van der Waals surface area contributed by atoms with Crippen LogP contribution >= 0.6 is 39.1 Å². The molecule has 0 fully saturated rings. The maximum atomic E-state index is 11.8. The monoisotopic (exact) mass is 382 g/mol. The van der Waals surface area contributed by atoms with E-state index < -0.39 is 18.0 Å². The summed E-state index contributed by atoms with van der Waals surface area (Å²) in [4.78, 5) is 22.8. The Balaban J connectivity index is 2.84. The number of aliphatic carboxylic acids is 1. The van der Waals surface area contributed by atoms with Crippen LogP contribution in [0.2, 0.25) is 10.0 Å². The topological polar surface area (TPSA) is 78.4 Å². The van der Waals surface area contributed by atoms with Crippen molar-refractivity contribution in [3.63, 3.8) is 0 Å². The first-order valence-electron chi connectivity index (χ1n) is 5.67. The molecule has 0 aliphatic heterocycles. The highest BCUT2D eigenvalue weighted by molar-refractivity contribution is 9.10. The highest BCUT2D eigenvalue weighted by Gasteiger charge is 2.24. The molecule has 8 heteroatoms. The Morgan fingerprint density at radius 1 is 1.25 bits per heavy atom. The van der Waals surface area contributed by atoms with Gasteiger partial charge in [0.15, 0.2) is 0 Å². The molecule has 0 spiro atoms. The summed E-state index contributed by atoms with van der Waals surface area (Å²) >= 11 is 15.2. The number of anilines is 1. The van der Waals surface area contributed by atoms with E-state index in [1.54, 1.807) is 26.0 Å². The molecule has 0 aromatic heterocycles. The number of carboxylic acids is 1. The third-order valence-corrected chi connectivity index (χ3v) is 3.52. The van der Waals surface area contributed by atoms with Gasteiger partial charge in [0.2, 0.25) is 0 Å². The second kappa shape index (κ2) is 7.15. The van der Waals surface area contributed by atoms with E-state index in [2.05, 4.69) is 26.6 Å². The molecule has 1 rings (SSSR count). The SMILES string of the molecule is CC(C)[C@@H](NC(=O)Nc1c(Cl)cc(Br)cc1Cl)C(=O)O. The summed E-state index contributed by atoms with van der Waals surface area (Å²) in [7, 11) is 0. The number of rotatable bonds is 4. The Bertz CT molecular complexity index is 514. The summed E-state index contributed by atoms with van der Waals surface area (Å²) in [6.45, 7) is 3.39. The quantitative estimate of drug-likeness (QED) is 0.735. The summed E-state index contributed by atoms with van der Waals surface area (Å²) < 4.78 is 0.670. The molecule has 1 atom stereocenters. The molecule has 0 saturated carbocycles. The van der Waals surface area contributed by atoms with Crippen LogP contribution in [-0.2, 0) is 4.79 Å². The van der Waals surface area contributed by atoms with Crippen LogP contribution in [-0.4, -0.2) is 23.1 Å². The molecule has 20 heavy (non-hydrogen) atoms. The molecule has 0 saturated heterocycles. The Labute approximate surface area is 134 Å². The van der Waals surface area contributed by atoms with E-state index >= 15 is 0 Å². The number of carbonyl (C=O) groups is 2. The van der Waals surface area contributed by atoms with Crippen molar-refractivity contribution in [2.45, 2.75) is 19.9 Å². The summed E-state index contributed by atoms with van der Waals surface area (Å²) in [6, 6.07) is 1.46. The average Bonchev–Trinajstić information content (AvgIpc) is 2.29. The molecule has 0 bridgehead atoms. The predicted octanol–water partition coefficient (Wildman–Crippen LogP) is 3.99. The van der Waals surface area contributed by atoms with Gasteiger partial charge in [0.05, 0.1) is 15.7 Å². The molecule has 0 radical (unpaired) electrons. The smallest absolute Gasteiger partial charge is 0.326 e. The fourth-order valence-electron chi connectivity index (χ4n) is 1.47. The van der Waals surface area contributed by atoms with Crippen molar-refractivity contribution in [2.24, 2.45) is 5.92 Å². The van der Waals surface area contributed by atoms with Gasteiger partial charge in [0, 0.05) is 4.47 Å². The lowest BCUT2D eigenvalue weighted by atomic mass is 10.1. The molecular weight excluding hydrogens is 371 g/mol. The van der Waals surface area contributed by atoms with Gasteiger partial charge in [-0.1, -0.05) is 53.0 Å². The third-order valence-electron chi connectivity index (χ3n) is 2.46. The Morgan fingerprint density at radius 3 is 2.15 bits per heavy atom. The van der Waals surface area contributed by atoms with Gasteiger partial charge < -0.3 is 15.7 Å². The van der Waals surface area contributed by atoms with Gasteiger partial charge in [0.25, 0.3) is 0 Å². The number of carbonyl (C=O) groups excluding carboxylic acids is 1. The van der Waals surface area contributed by atoms with Crippen molar-refractivity contribution >= 4 is 56.8 Å². The molecule has 2 amide bonds. The van der Waals surface area contributed by atoms with E-state index in [-0.39, 0.29) is 21.7 Å². The average molecular weight is 384 g/mol. The normalized spacial score (nSPS) is 12.1. The van der Waals surface area contributed by atoms with Crippen LogP contribution < -0.4 is 10.6 Å². The van der Waals surface area contributed by atoms with Gasteiger partial charge in [0.1, 0.15) is 6.04 Å². The number of hydrogen-bond donors (Lipinski definition) is 3. The summed E-state index contributed by atoms with van der Waals surface area (Å²) in [5.41, 5.74) is 0.224. The van der Waals surface area contributed by atoms with Crippen molar-refractivity contribution in [1.82, 2.24) is 5.32 Å². The second-order valence-electron chi connectivity index (χ2n) is 4.40. The van der Waals surface area contributed by atoms with Crippen LogP contribution in [0, 0.1) is 5.92 Å². The highest BCUT2D eigenvalue weighted by Crippen LogP contribution is 2.33. The van der Waals surface area contributed by atoms with Gasteiger partial charge in [-0.15, -0.1) is 0 Å². The summed E-state index contributed by atoms with van der Waals surface area (Å²) in [5, 5.41) is 14.3. The Morgan fingerprint density at radius 2 is 1.75 bits per heavy atom. The number of amides is 2. The first-order chi connectivity index (χ1) is 9.22. The van der Waals surface area contributed by atoms with Gasteiger partial charge in [-0.2, -0.15) is 0 Å². The van der Waals surface area contributed by atoms with Crippen LogP contribution in [0.1, 0.15) is 13.8 Å². The maximum Gasteiger partial charge on any atom is 0.326 e. The van der Waals surface area contributed by atoms with E-state index in [1.807, 2.05) is 0 Å². The first kappa shape index (κ1) is 17.1. The fraction of sp³-hybridized carbons (Fsp3) is 0.333. The van der Waals surface area contributed by atoms with E-state index in [0.29, 0.717) is 4.47 Å². The summed E-state index contributed by atoms with van der Waals surface area (Å²) in [6.07, 6.45) is 0. The minimum atomic E-state index is -1.11. The number of nitrogens with one attached hydrogen (secondary N) is 2. The Kier molecular flexibility index (Phi) is 6.10. The number of carboxylic acid groups (broad SMARTS) is 1. The lowest BCUT2D eigenvalue weighted by Crippen LogP contribution is -2.46. The predicted molar refractivity (Wildman–Crippen MR) is 82.6 cm³/mol. The largest absolute Gasteiger partial charge is 0.480 e.